The molecule has 2 rings (SSSR count). The maximum atomic E-state index is 6.26. The molecule has 1 nitrogen and oxygen atoms in total. The predicted molar refractivity (Wildman–Crippen MR) is 75.8 cm³/mol. The van der Waals surface area contributed by atoms with Gasteiger partial charge in [0.15, 0.2) is 0 Å². The van der Waals surface area contributed by atoms with Gasteiger partial charge in [0.05, 0.1) is 10.7 Å². The fraction of sp³-hybridized carbons (Fsp3) is 0.600. The zero-order valence-electron chi connectivity index (χ0n) is 11.0. The summed E-state index contributed by atoms with van der Waals surface area (Å²) in [6.07, 6.45) is 5.14. The first-order valence-electron chi connectivity index (χ1n) is 6.49. The van der Waals surface area contributed by atoms with Crippen molar-refractivity contribution in [2.45, 2.75) is 52.5 Å². The van der Waals surface area contributed by atoms with Crippen LogP contribution < -0.4 is 5.32 Å². The van der Waals surface area contributed by atoms with E-state index in [0.717, 1.165) is 10.7 Å². The van der Waals surface area contributed by atoms with E-state index in [1.54, 1.807) is 0 Å². The number of nitrogens with one attached hydrogen (secondary N) is 1. The minimum Gasteiger partial charge on any atom is -0.381 e. The van der Waals surface area contributed by atoms with E-state index in [1.165, 1.54) is 31.2 Å². The number of benzene rings is 1. The molecule has 1 saturated carbocycles. The Labute approximate surface area is 110 Å². The summed E-state index contributed by atoms with van der Waals surface area (Å²) in [5.41, 5.74) is 2.76. The van der Waals surface area contributed by atoms with Crippen LogP contribution in [0.25, 0.3) is 0 Å². The Hall–Kier alpha value is -0.690. The fourth-order valence-electron chi connectivity index (χ4n) is 2.78. The van der Waals surface area contributed by atoms with E-state index in [4.69, 9.17) is 11.6 Å². The van der Waals surface area contributed by atoms with Gasteiger partial charge in [-0.3, -0.25) is 0 Å². The van der Waals surface area contributed by atoms with Crippen molar-refractivity contribution >= 4 is 17.3 Å². The van der Waals surface area contributed by atoms with Crippen LogP contribution >= 0.6 is 11.6 Å². The van der Waals surface area contributed by atoms with E-state index >= 15 is 0 Å². The molecule has 0 saturated heterocycles. The van der Waals surface area contributed by atoms with E-state index in [9.17, 15) is 0 Å². The molecule has 1 aromatic carbocycles. The van der Waals surface area contributed by atoms with Crippen molar-refractivity contribution in [3.63, 3.8) is 0 Å². The third kappa shape index (κ3) is 3.38. The average Bonchev–Trinajstić information content (AvgIpc) is 2.21. The Morgan fingerprint density at radius 1 is 1.35 bits per heavy atom. The van der Waals surface area contributed by atoms with E-state index in [2.05, 4.69) is 38.2 Å². The molecule has 0 heterocycles. The molecule has 0 amide bonds. The van der Waals surface area contributed by atoms with Crippen molar-refractivity contribution in [3.05, 3.63) is 28.8 Å². The number of hydrogen-bond acceptors (Lipinski definition) is 1. The van der Waals surface area contributed by atoms with Crippen LogP contribution in [0.2, 0.25) is 5.02 Å². The van der Waals surface area contributed by atoms with E-state index in [1.807, 2.05) is 6.07 Å². The van der Waals surface area contributed by atoms with Crippen molar-refractivity contribution in [2.75, 3.05) is 5.32 Å². The largest absolute Gasteiger partial charge is 0.381 e. The Morgan fingerprint density at radius 3 is 2.76 bits per heavy atom. The topological polar surface area (TPSA) is 12.0 Å². The lowest BCUT2D eigenvalue weighted by molar-refractivity contribution is 0.229. The fourth-order valence-corrected chi connectivity index (χ4v) is 3.07. The molecule has 1 aliphatic rings. The van der Waals surface area contributed by atoms with Gasteiger partial charge in [-0.15, -0.1) is 0 Å². The maximum absolute atomic E-state index is 6.26. The second-order valence-corrected chi connectivity index (χ2v) is 6.49. The van der Waals surface area contributed by atoms with Crippen molar-refractivity contribution in [3.8, 4) is 0 Å². The smallest absolute Gasteiger partial charge is 0.0640 e. The summed E-state index contributed by atoms with van der Waals surface area (Å²) in [7, 11) is 0. The lowest BCUT2D eigenvalue weighted by Crippen LogP contribution is -2.31. The van der Waals surface area contributed by atoms with Gasteiger partial charge in [-0.1, -0.05) is 37.9 Å². The van der Waals surface area contributed by atoms with Gasteiger partial charge in [-0.2, -0.15) is 0 Å². The lowest BCUT2D eigenvalue weighted by Gasteiger charge is -2.36. The highest BCUT2D eigenvalue weighted by Gasteiger charge is 2.27. The Balaban J connectivity index is 2.05. The molecule has 0 aromatic heterocycles. The number of hydrogen-bond donors (Lipinski definition) is 1. The predicted octanol–water partition coefficient (Wildman–Crippen LogP) is 5.03. The Kier molecular flexibility index (Phi) is 3.67. The molecule has 1 aromatic rings. The molecule has 0 radical (unpaired) electrons. The van der Waals surface area contributed by atoms with E-state index < -0.39 is 0 Å². The third-order valence-corrected chi connectivity index (χ3v) is 4.00. The van der Waals surface area contributed by atoms with Gasteiger partial charge in [-0.05, 0) is 49.3 Å². The minimum atomic E-state index is 0.465. The van der Waals surface area contributed by atoms with Crippen LogP contribution in [0.4, 0.5) is 5.69 Å². The first-order valence-corrected chi connectivity index (χ1v) is 6.87. The quantitative estimate of drug-likeness (QED) is 0.778. The van der Waals surface area contributed by atoms with Gasteiger partial charge < -0.3 is 5.32 Å². The van der Waals surface area contributed by atoms with Gasteiger partial charge in [0.1, 0.15) is 0 Å². The SMILES string of the molecule is Cc1ccc(NC2CCCC(C)(C)C2)c(Cl)c1. The second kappa shape index (κ2) is 4.89. The van der Waals surface area contributed by atoms with Crippen molar-refractivity contribution in [1.82, 2.24) is 0 Å². The van der Waals surface area contributed by atoms with Crippen molar-refractivity contribution in [1.29, 1.82) is 0 Å². The molecule has 0 spiro atoms. The number of halogens is 1. The molecular weight excluding hydrogens is 230 g/mol. The highest BCUT2D eigenvalue weighted by molar-refractivity contribution is 6.33. The zero-order valence-corrected chi connectivity index (χ0v) is 11.8. The minimum absolute atomic E-state index is 0.465. The number of anilines is 1. The standard InChI is InChI=1S/C15H22ClN/c1-11-6-7-14(13(16)9-11)17-12-5-4-8-15(2,3)10-12/h6-7,9,12,17H,4-5,8,10H2,1-3H3. The van der Waals surface area contributed by atoms with Gasteiger partial charge in [0.2, 0.25) is 0 Å². The molecule has 2 heteroatoms. The molecule has 0 aliphatic heterocycles. The van der Waals surface area contributed by atoms with Crippen molar-refractivity contribution in [2.24, 2.45) is 5.41 Å². The van der Waals surface area contributed by atoms with Crippen molar-refractivity contribution < 1.29 is 0 Å². The Bertz CT molecular complexity index is 398. The van der Waals surface area contributed by atoms with Gasteiger partial charge >= 0.3 is 0 Å². The van der Waals surface area contributed by atoms with Crippen LogP contribution in [0.15, 0.2) is 18.2 Å². The normalized spacial score (nSPS) is 23.4. The highest BCUT2D eigenvalue weighted by atomic mass is 35.5. The molecule has 1 N–H and O–H groups in total. The molecule has 1 fully saturated rings. The first-order chi connectivity index (χ1) is 7.96. The summed E-state index contributed by atoms with van der Waals surface area (Å²) >= 11 is 6.26. The molecule has 0 bridgehead atoms. The third-order valence-electron chi connectivity index (χ3n) is 3.69. The van der Waals surface area contributed by atoms with Crippen LogP contribution in [-0.4, -0.2) is 6.04 Å². The number of aryl methyl sites for hydroxylation is 1. The maximum Gasteiger partial charge on any atom is 0.0640 e. The zero-order chi connectivity index (χ0) is 12.5. The molecule has 17 heavy (non-hydrogen) atoms. The van der Waals surface area contributed by atoms with Crippen LogP contribution in [-0.2, 0) is 0 Å². The molecular formula is C15H22ClN. The molecule has 1 unspecified atom stereocenters. The van der Waals surface area contributed by atoms with E-state index in [0.29, 0.717) is 11.5 Å². The lowest BCUT2D eigenvalue weighted by atomic mass is 9.75. The van der Waals surface area contributed by atoms with Crippen LogP contribution in [0.3, 0.4) is 0 Å². The van der Waals surface area contributed by atoms with Crippen LogP contribution in [0.1, 0.15) is 45.1 Å². The summed E-state index contributed by atoms with van der Waals surface area (Å²) < 4.78 is 0. The molecule has 1 aliphatic carbocycles. The van der Waals surface area contributed by atoms with Gasteiger partial charge in [0.25, 0.3) is 0 Å². The van der Waals surface area contributed by atoms with Gasteiger partial charge in [0, 0.05) is 6.04 Å². The van der Waals surface area contributed by atoms with E-state index in [-0.39, 0.29) is 0 Å². The summed E-state index contributed by atoms with van der Waals surface area (Å²) in [5, 5.41) is 4.44. The monoisotopic (exact) mass is 251 g/mol. The average molecular weight is 252 g/mol. The molecule has 1 atom stereocenters. The highest BCUT2D eigenvalue weighted by Crippen LogP contribution is 2.37. The first kappa shape index (κ1) is 12.8. The summed E-state index contributed by atoms with van der Waals surface area (Å²) in [5.74, 6) is 0. The molecule has 94 valence electrons. The number of rotatable bonds is 2. The van der Waals surface area contributed by atoms with Crippen LogP contribution in [0.5, 0.6) is 0 Å². The Morgan fingerprint density at radius 2 is 2.12 bits per heavy atom. The second-order valence-electron chi connectivity index (χ2n) is 6.09. The van der Waals surface area contributed by atoms with Gasteiger partial charge in [-0.25, -0.2) is 0 Å². The van der Waals surface area contributed by atoms with Crippen LogP contribution in [0, 0.1) is 12.3 Å². The summed E-state index contributed by atoms with van der Waals surface area (Å²) in [6.45, 7) is 6.79. The summed E-state index contributed by atoms with van der Waals surface area (Å²) in [4.78, 5) is 0. The summed E-state index contributed by atoms with van der Waals surface area (Å²) in [6, 6.07) is 6.80.